The zero-order chi connectivity index (χ0) is 24.6. The Bertz CT molecular complexity index is 1540. The fraction of sp³-hybridized carbons (Fsp3) is 0.233. The van der Waals surface area contributed by atoms with Crippen LogP contribution >= 0.6 is 0 Å². The van der Waals surface area contributed by atoms with Crippen LogP contribution in [0.2, 0.25) is 0 Å². The van der Waals surface area contributed by atoms with Gasteiger partial charge in [0.2, 0.25) is 0 Å². The Labute approximate surface area is 206 Å². The second-order valence-electron chi connectivity index (χ2n) is 10.1. The molecule has 5 nitrogen and oxygen atoms in total. The summed E-state index contributed by atoms with van der Waals surface area (Å²) in [6.07, 6.45) is 0. The highest BCUT2D eigenvalue weighted by molar-refractivity contribution is 6.10. The number of rotatable bonds is 3. The van der Waals surface area contributed by atoms with E-state index in [4.69, 9.17) is 4.74 Å². The first-order chi connectivity index (χ1) is 16.7. The maximum atomic E-state index is 13.4. The van der Waals surface area contributed by atoms with E-state index in [-0.39, 0.29) is 5.97 Å². The van der Waals surface area contributed by atoms with Gasteiger partial charge in [-0.05, 0) is 46.8 Å². The van der Waals surface area contributed by atoms with Crippen LogP contribution < -0.4 is 14.7 Å². The number of esters is 1. The molecule has 1 atom stereocenters. The van der Waals surface area contributed by atoms with Gasteiger partial charge < -0.3 is 19.4 Å². The molecule has 6 rings (SSSR count). The van der Waals surface area contributed by atoms with Gasteiger partial charge in [-0.1, -0.05) is 36.4 Å². The number of carbonyl (C=O) groups excluding carboxylic acids is 1. The third-order valence-electron chi connectivity index (χ3n) is 7.43. The molecule has 0 saturated carbocycles. The Morgan fingerprint density at radius 3 is 1.86 bits per heavy atom. The van der Waals surface area contributed by atoms with E-state index in [2.05, 4.69) is 84.6 Å². The van der Waals surface area contributed by atoms with E-state index in [1.165, 1.54) is 5.56 Å². The van der Waals surface area contributed by atoms with Crippen molar-refractivity contribution in [3.05, 3.63) is 89.0 Å². The molecule has 1 aliphatic heterocycles. The van der Waals surface area contributed by atoms with Crippen molar-refractivity contribution in [2.75, 3.05) is 57.0 Å². The molecule has 5 heteroatoms. The molecular weight excluding hydrogens is 434 g/mol. The predicted octanol–water partition coefficient (Wildman–Crippen LogP) is 5.48. The lowest BCUT2D eigenvalue weighted by molar-refractivity contribution is 0.0255. The Balaban J connectivity index is 1.78. The van der Waals surface area contributed by atoms with E-state index in [1.54, 1.807) is 0 Å². The molecule has 4 aromatic carbocycles. The van der Waals surface area contributed by atoms with Crippen molar-refractivity contribution in [3.63, 3.8) is 0 Å². The molecule has 35 heavy (non-hydrogen) atoms. The quantitative estimate of drug-likeness (QED) is 0.376. The van der Waals surface area contributed by atoms with Crippen molar-refractivity contribution in [2.45, 2.75) is 5.60 Å². The normalized spacial score (nSPS) is 17.3. The Hall–Kier alpha value is -3.99. The molecule has 0 bridgehead atoms. The monoisotopic (exact) mass is 463 g/mol. The number of hydrogen-bond donors (Lipinski definition) is 0. The Kier molecular flexibility index (Phi) is 4.46. The second-order valence-corrected chi connectivity index (χ2v) is 10.1. The van der Waals surface area contributed by atoms with Gasteiger partial charge in [-0.15, -0.1) is 0 Å². The number of fused-ring (bicyclic) bond motifs is 6. The van der Waals surface area contributed by atoms with Gasteiger partial charge in [0.15, 0.2) is 5.60 Å². The van der Waals surface area contributed by atoms with Gasteiger partial charge in [-0.25, -0.2) is 4.79 Å². The highest BCUT2D eigenvalue weighted by atomic mass is 16.6. The largest absolute Gasteiger partial charge is 0.441 e. The molecule has 0 saturated heterocycles. The predicted molar refractivity (Wildman–Crippen MR) is 144 cm³/mol. The molecule has 0 amide bonds. The first-order valence-electron chi connectivity index (χ1n) is 11.8. The van der Waals surface area contributed by atoms with Crippen LogP contribution in [-0.4, -0.2) is 48.3 Å². The minimum atomic E-state index is -0.991. The molecule has 2 aliphatic rings. The molecular formula is C30H29N3O2. The fourth-order valence-electron chi connectivity index (χ4n) is 5.72. The highest BCUT2D eigenvalue weighted by Crippen LogP contribution is 2.57. The average molecular weight is 464 g/mol. The molecule has 1 unspecified atom stereocenters. The molecule has 1 aliphatic carbocycles. The molecule has 0 N–H and O–H groups in total. The number of benzene rings is 4. The number of carbonyl (C=O) groups is 1. The van der Waals surface area contributed by atoms with E-state index in [1.807, 2.05) is 39.2 Å². The van der Waals surface area contributed by atoms with Crippen LogP contribution in [0, 0.1) is 0 Å². The van der Waals surface area contributed by atoms with Crippen LogP contribution in [-0.2, 0) is 10.3 Å². The maximum Gasteiger partial charge on any atom is 0.340 e. The lowest BCUT2D eigenvalue weighted by atomic mass is 9.70. The maximum absolute atomic E-state index is 13.4. The summed E-state index contributed by atoms with van der Waals surface area (Å²) >= 11 is 0. The number of ether oxygens (including phenoxy) is 1. The topological polar surface area (TPSA) is 36.0 Å². The van der Waals surface area contributed by atoms with Gasteiger partial charge in [-0.2, -0.15) is 0 Å². The van der Waals surface area contributed by atoms with E-state index in [9.17, 15) is 4.79 Å². The van der Waals surface area contributed by atoms with Crippen molar-refractivity contribution in [1.82, 2.24) is 0 Å². The third kappa shape index (κ3) is 2.78. The van der Waals surface area contributed by atoms with Crippen molar-refractivity contribution < 1.29 is 9.53 Å². The smallest absolute Gasteiger partial charge is 0.340 e. The van der Waals surface area contributed by atoms with E-state index >= 15 is 0 Å². The number of hydrogen-bond acceptors (Lipinski definition) is 5. The minimum Gasteiger partial charge on any atom is -0.441 e. The highest BCUT2D eigenvalue weighted by Gasteiger charge is 2.52. The molecule has 176 valence electrons. The first kappa shape index (κ1) is 21.5. The minimum absolute atomic E-state index is 0.282. The first-order valence-corrected chi connectivity index (χ1v) is 11.8. The SMILES string of the molecule is CN(C)c1ccc2c(c1)C(=O)OC21c2ccc(N(C)C)cc2-c2cccc3c(N(C)C)ccc1c23. The summed E-state index contributed by atoms with van der Waals surface area (Å²) in [5.74, 6) is -0.282. The Morgan fingerprint density at radius 1 is 0.629 bits per heavy atom. The lowest BCUT2D eigenvalue weighted by Gasteiger charge is -2.38. The van der Waals surface area contributed by atoms with Crippen LogP contribution in [0.15, 0.2) is 66.7 Å². The fourth-order valence-corrected chi connectivity index (χ4v) is 5.72. The number of nitrogens with zero attached hydrogens (tertiary/aromatic N) is 3. The van der Waals surface area contributed by atoms with Crippen LogP contribution in [0.1, 0.15) is 27.0 Å². The van der Waals surface area contributed by atoms with Crippen LogP contribution in [0.5, 0.6) is 0 Å². The molecule has 0 fully saturated rings. The zero-order valence-corrected chi connectivity index (χ0v) is 21.0. The summed E-state index contributed by atoms with van der Waals surface area (Å²) in [5.41, 5.74) is 8.05. The summed E-state index contributed by atoms with van der Waals surface area (Å²) in [6, 6.07) is 23.3. The average Bonchev–Trinajstić information content (AvgIpc) is 3.14. The molecule has 4 aromatic rings. The summed E-state index contributed by atoms with van der Waals surface area (Å²) in [7, 11) is 12.2. The molecule has 0 radical (unpaired) electrons. The van der Waals surface area contributed by atoms with Gasteiger partial charge in [0.25, 0.3) is 0 Å². The van der Waals surface area contributed by atoms with E-state index in [0.29, 0.717) is 5.56 Å². The van der Waals surface area contributed by atoms with Crippen LogP contribution in [0.4, 0.5) is 17.1 Å². The van der Waals surface area contributed by atoms with Crippen LogP contribution in [0.25, 0.3) is 21.9 Å². The number of anilines is 3. The Morgan fingerprint density at radius 2 is 1.23 bits per heavy atom. The summed E-state index contributed by atoms with van der Waals surface area (Å²) in [4.78, 5) is 19.7. The summed E-state index contributed by atoms with van der Waals surface area (Å²) < 4.78 is 6.48. The van der Waals surface area contributed by atoms with Crippen molar-refractivity contribution in [1.29, 1.82) is 0 Å². The molecule has 1 heterocycles. The molecule has 0 aromatic heterocycles. The summed E-state index contributed by atoms with van der Waals surface area (Å²) in [6.45, 7) is 0. The van der Waals surface area contributed by atoms with Crippen molar-refractivity contribution in [3.8, 4) is 11.1 Å². The summed E-state index contributed by atoms with van der Waals surface area (Å²) in [5, 5.41) is 2.29. The van der Waals surface area contributed by atoms with Crippen molar-refractivity contribution in [2.24, 2.45) is 0 Å². The van der Waals surface area contributed by atoms with Gasteiger partial charge in [0.1, 0.15) is 0 Å². The second kappa shape index (κ2) is 7.25. The lowest BCUT2D eigenvalue weighted by Crippen LogP contribution is -2.33. The van der Waals surface area contributed by atoms with Crippen LogP contribution in [0.3, 0.4) is 0 Å². The molecule has 1 spiro atoms. The zero-order valence-electron chi connectivity index (χ0n) is 21.0. The standard InChI is InChI=1S/C30H29N3O2/c1-31(2)18-10-12-24-22(16-18)20-8-7-9-21-27(33(5)6)15-14-26(28(20)21)30(24)25-13-11-19(32(3)4)17-23(25)29(34)35-30/h7-17H,1-6H3. The van der Waals surface area contributed by atoms with Crippen molar-refractivity contribution >= 4 is 33.8 Å². The van der Waals surface area contributed by atoms with Gasteiger partial charge in [-0.3, -0.25) is 0 Å². The third-order valence-corrected chi connectivity index (χ3v) is 7.43. The van der Waals surface area contributed by atoms with E-state index in [0.717, 1.165) is 50.1 Å². The van der Waals surface area contributed by atoms with Gasteiger partial charge in [0, 0.05) is 81.4 Å². The van der Waals surface area contributed by atoms with Gasteiger partial charge in [0.05, 0.1) is 5.56 Å². The van der Waals surface area contributed by atoms with E-state index < -0.39 is 5.60 Å². The van der Waals surface area contributed by atoms with Gasteiger partial charge >= 0.3 is 5.97 Å².